The first-order valence-corrected chi connectivity index (χ1v) is 45.3. The lowest BCUT2D eigenvalue weighted by Gasteiger charge is -2.32. The smallest absolute Gasteiger partial charge is 0.456 e. The molecule has 24 rings (SSSR count). The Kier molecular flexibility index (Phi) is 29.1. The number of nitrogens with zero attached hydrogens (tertiary/aromatic N) is 15. The minimum atomic E-state index is -1.46. The van der Waals surface area contributed by atoms with Crippen molar-refractivity contribution < 1.29 is 32.6 Å². The summed E-state index contributed by atoms with van der Waals surface area (Å²) in [6.45, 7) is 8.23. The summed E-state index contributed by atoms with van der Waals surface area (Å²) in [5, 5.41) is 24.8. The van der Waals surface area contributed by atoms with E-state index in [9.17, 15) is 0 Å². The van der Waals surface area contributed by atoms with Crippen molar-refractivity contribution in [2.24, 2.45) is 0 Å². The highest BCUT2D eigenvalue weighted by Gasteiger charge is 2.52. The summed E-state index contributed by atoms with van der Waals surface area (Å²) in [6, 6.07) is 126. The van der Waals surface area contributed by atoms with Gasteiger partial charge in [0.2, 0.25) is 15.9 Å². The molecule has 0 saturated carbocycles. The summed E-state index contributed by atoms with van der Waals surface area (Å²) in [4.78, 5) is 68.7. The number of furan rings is 3. The van der Waals surface area contributed by atoms with E-state index in [0.29, 0.717) is 80.9 Å². The SMILES string of the molecule is C.C.CC1(C)OB(c2cccc(-c3nc(-c4ccccc4)nc(-c4ccccc4)n3)c2)OC1(C)C.Clc1nc(-c2ccccc2)nc(-c2ccc3c(c2)oc2ccccc23)n1.Clc1nc(Cl)nc(-c2ccccc2)n1.OB(O)c1ccc2c(c1)oc1ccccc12.[CH3-].c1ccc(-c2nc(-c3ccccc3)nc(-c3cccc(-c4nc(-c5ccccc5)nc(-c5ccc6c(c5)oc5ccccc56)n4)c3)n2)cc1. The number of rotatable bonds is 14. The Morgan fingerprint density at radius 3 is 0.752 bits per heavy atom. The molecule has 0 atom stereocenters. The monoisotopic (exact) mass is 1910 g/mol. The van der Waals surface area contributed by atoms with Crippen LogP contribution in [0.5, 0.6) is 0 Å². The molecule has 8 aromatic heterocycles. The van der Waals surface area contributed by atoms with Gasteiger partial charge >= 0.3 is 14.2 Å². The molecule has 0 bridgehead atoms. The normalized spacial score (nSPS) is 12.2. The van der Waals surface area contributed by atoms with Crippen LogP contribution >= 0.6 is 34.8 Å². The van der Waals surface area contributed by atoms with Crippen LogP contribution in [-0.2, 0) is 9.31 Å². The molecule has 141 heavy (non-hydrogen) atoms. The third-order valence-corrected chi connectivity index (χ3v) is 23.9. The van der Waals surface area contributed by atoms with Gasteiger partial charge < -0.3 is 40.0 Å². The van der Waals surface area contributed by atoms with Gasteiger partial charge in [-0.2, -0.15) is 24.9 Å². The Hall–Kier alpha value is -16.4. The van der Waals surface area contributed by atoms with E-state index in [4.69, 9.17) is 112 Å². The molecule has 0 aliphatic carbocycles. The second kappa shape index (κ2) is 42.7. The van der Waals surface area contributed by atoms with Gasteiger partial charge in [0.15, 0.2) is 69.9 Å². The summed E-state index contributed by atoms with van der Waals surface area (Å²) in [7, 11) is -1.91. The van der Waals surface area contributed by atoms with Gasteiger partial charge in [0.05, 0.1) is 11.2 Å². The maximum atomic E-state index is 9.07. The Balaban J connectivity index is 0.000000130. The molecule has 0 spiro atoms. The average molecular weight is 1910 g/mol. The third kappa shape index (κ3) is 21.6. The highest BCUT2D eigenvalue weighted by molar-refractivity contribution is 6.62. The van der Waals surface area contributed by atoms with Gasteiger partial charge in [0, 0.05) is 99.1 Å². The van der Waals surface area contributed by atoms with E-state index in [1.54, 1.807) is 12.1 Å². The van der Waals surface area contributed by atoms with Gasteiger partial charge in [0.1, 0.15) is 33.5 Å². The van der Waals surface area contributed by atoms with Crippen molar-refractivity contribution in [1.29, 1.82) is 0 Å². The van der Waals surface area contributed by atoms with E-state index in [0.717, 1.165) is 132 Å². The number of aromatic nitrogens is 15. The summed E-state index contributed by atoms with van der Waals surface area (Å²) in [6.07, 6.45) is 0. The van der Waals surface area contributed by atoms with Crippen molar-refractivity contribution in [3.05, 3.63) is 412 Å². The molecular weight excluding hydrogens is 1820 g/mol. The molecule has 0 radical (unpaired) electrons. The second-order valence-electron chi connectivity index (χ2n) is 33.1. The van der Waals surface area contributed by atoms with Crippen LogP contribution in [0.1, 0.15) is 42.5 Å². The zero-order valence-corrected chi connectivity index (χ0v) is 77.7. The summed E-state index contributed by atoms with van der Waals surface area (Å²) in [5.74, 6) is 6.87. The Morgan fingerprint density at radius 1 is 0.220 bits per heavy atom. The zero-order chi connectivity index (χ0) is 94.2. The van der Waals surface area contributed by atoms with Gasteiger partial charge in [-0.15, -0.1) is 0 Å². The minimum absolute atomic E-state index is 0. The van der Waals surface area contributed by atoms with Crippen molar-refractivity contribution >= 4 is 126 Å². The van der Waals surface area contributed by atoms with E-state index in [-0.39, 0.29) is 38.1 Å². The third-order valence-electron chi connectivity index (χ3n) is 23.3. The van der Waals surface area contributed by atoms with Gasteiger partial charge in [-0.1, -0.05) is 349 Å². The summed E-state index contributed by atoms with van der Waals surface area (Å²) in [5.41, 5.74) is 15.9. The predicted octanol–water partition coefficient (Wildman–Crippen LogP) is 26.7. The van der Waals surface area contributed by atoms with Gasteiger partial charge in [-0.25, -0.2) is 49.8 Å². The second-order valence-corrected chi connectivity index (χ2v) is 34.1. The largest absolute Gasteiger partial charge is 0.494 e. The fourth-order valence-electron chi connectivity index (χ4n) is 15.7. The molecule has 1 fully saturated rings. The molecular formula is C114H89B2Cl3N15O7-. The minimum Gasteiger partial charge on any atom is -0.456 e. The van der Waals surface area contributed by atoms with E-state index in [1.165, 1.54) is 0 Å². The topological polar surface area (TPSA) is 292 Å². The number of para-hydroxylation sites is 3. The van der Waals surface area contributed by atoms with Crippen LogP contribution in [-0.4, -0.2) is 110 Å². The van der Waals surface area contributed by atoms with Crippen molar-refractivity contribution in [2.75, 3.05) is 0 Å². The molecule has 15 aromatic carbocycles. The first-order chi connectivity index (χ1) is 67.4. The number of benzene rings is 15. The molecule has 22 nitrogen and oxygen atoms in total. The molecule has 1 aliphatic heterocycles. The molecule has 690 valence electrons. The Bertz CT molecular complexity index is 8190. The average Bonchev–Trinajstić information content (AvgIpc) is 1.66. The number of halogens is 3. The maximum absolute atomic E-state index is 9.07. The van der Waals surface area contributed by atoms with E-state index in [2.05, 4.69) is 69.7 Å². The molecule has 0 amide bonds. The van der Waals surface area contributed by atoms with Crippen LogP contribution in [0.25, 0.3) is 202 Å². The molecule has 9 heterocycles. The molecule has 0 unspecified atom stereocenters. The molecule has 27 heteroatoms. The highest BCUT2D eigenvalue weighted by Crippen LogP contribution is 2.40. The fraction of sp³-hybridized carbons (Fsp3) is 0.0702. The summed E-state index contributed by atoms with van der Waals surface area (Å²) < 4.78 is 30.3. The fourth-order valence-corrected chi connectivity index (χ4v) is 16.2. The van der Waals surface area contributed by atoms with Gasteiger partial charge in [-0.3, -0.25) is 0 Å². The lowest BCUT2D eigenvalue weighted by molar-refractivity contribution is 0.00578. The molecule has 2 N–H and O–H groups in total. The van der Waals surface area contributed by atoms with Crippen LogP contribution in [0.3, 0.4) is 0 Å². The Morgan fingerprint density at radius 2 is 0.440 bits per heavy atom. The van der Waals surface area contributed by atoms with Crippen molar-refractivity contribution in [2.45, 2.75) is 53.8 Å². The first-order valence-electron chi connectivity index (χ1n) is 44.2. The van der Waals surface area contributed by atoms with Crippen LogP contribution in [0.2, 0.25) is 15.9 Å². The maximum Gasteiger partial charge on any atom is 0.494 e. The predicted molar refractivity (Wildman–Crippen MR) is 567 cm³/mol. The molecule has 1 aliphatic rings. The highest BCUT2D eigenvalue weighted by atomic mass is 35.5. The van der Waals surface area contributed by atoms with E-state index < -0.39 is 25.4 Å². The number of hydrogen-bond acceptors (Lipinski definition) is 22. The van der Waals surface area contributed by atoms with Crippen LogP contribution in [0.4, 0.5) is 0 Å². The lowest BCUT2D eigenvalue weighted by atomic mass is 9.78. The first kappa shape index (κ1) is 96.3. The quantitative estimate of drug-likeness (QED) is 0.0755. The van der Waals surface area contributed by atoms with Crippen molar-refractivity contribution in [1.82, 2.24) is 74.8 Å². The van der Waals surface area contributed by atoms with Crippen LogP contribution in [0.15, 0.2) is 401 Å². The summed E-state index contributed by atoms with van der Waals surface area (Å²) >= 11 is 17.5. The zero-order valence-electron chi connectivity index (χ0n) is 75.4. The Labute approximate surface area is 829 Å². The standard InChI is InChI=1S/C42H26N6O.C27H26BN3O2.C21H12ClN3O.C12H9BO3.C9H5Cl2N3.2CH4.CH3/c1-4-13-27(14-5-1)37-43-38(28-15-6-2-7-16-28)45-40(44-37)30-19-12-20-31(25-30)41-46-39(29-17-8-3-9-18-29)47-42(48-41)32-23-24-34-33-21-10-11-22-35(33)49-36(34)26-32;1-26(2)27(3,4)33-28(32-26)22-17-11-16-21(18-22)25-30-23(19-12-7-5-8-13-19)29-24(31-25)20-14-9-6-10-15-20;22-21-24-19(13-6-2-1-3-7-13)23-20(25-21)14-10-11-16-15-8-4-5-9-17(15)26-18(16)12-14;14-13(15)8-5-6-10-9-3-1-2-4-11(9)16-12(10)7-8;10-8-12-7(13-9(11)14-8)6-4-2-1-3-5-6;;;/h1-26H;5-18H,1-4H3;1-12H;1-7,14-15H;1-5H;2*1H4;1H3/q;;;;;;;-1. The lowest BCUT2D eigenvalue weighted by Crippen LogP contribution is -2.41. The number of fused-ring (bicyclic) bond motifs is 9. The van der Waals surface area contributed by atoms with E-state index >= 15 is 0 Å². The van der Waals surface area contributed by atoms with Gasteiger partial charge in [-0.05, 0) is 128 Å². The van der Waals surface area contributed by atoms with Crippen LogP contribution < -0.4 is 10.9 Å². The van der Waals surface area contributed by atoms with Crippen LogP contribution in [0, 0.1) is 7.43 Å². The van der Waals surface area contributed by atoms with Crippen molar-refractivity contribution in [3.63, 3.8) is 0 Å². The number of hydrogen-bond donors (Lipinski definition) is 2. The van der Waals surface area contributed by atoms with Gasteiger partial charge in [0.25, 0.3) is 0 Å². The van der Waals surface area contributed by atoms with Crippen molar-refractivity contribution in [3.8, 4) is 137 Å². The molecule has 1 saturated heterocycles. The van der Waals surface area contributed by atoms with E-state index in [1.807, 2.05) is 364 Å². The molecule has 23 aromatic rings.